The normalized spacial score (nSPS) is 10.7. The summed E-state index contributed by atoms with van der Waals surface area (Å²) < 4.78 is 0. The zero-order valence-corrected chi connectivity index (χ0v) is 13.7. The molecule has 4 nitrogen and oxygen atoms in total. The molecule has 0 aliphatic rings. The first kappa shape index (κ1) is 15.3. The van der Waals surface area contributed by atoms with Gasteiger partial charge in [0, 0.05) is 30.2 Å². The van der Waals surface area contributed by atoms with Gasteiger partial charge < -0.3 is 0 Å². The van der Waals surface area contributed by atoms with E-state index in [0.717, 1.165) is 41.3 Å². The van der Waals surface area contributed by atoms with Crippen LogP contribution in [0.1, 0.15) is 25.5 Å². The minimum Gasteiger partial charge on any atom is -0.255 e. The van der Waals surface area contributed by atoms with Crippen LogP contribution in [0.2, 0.25) is 0 Å². The lowest BCUT2D eigenvalue weighted by Gasteiger charge is -2.06. The number of pyridine rings is 1. The van der Waals surface area contributed by atoms with E-state index in [9.17, 15) is 0 Å². The Morgan fingerprint density at radius 3 is 1.91 bits per heavy atom. The maximum atomic E-state index is 4.57. The van der Waals surface area contributed by atoms with Gasteiger partial charge in [-0.15, -0.1) is 0 Å². The van der Waals surface area contributed by atoms with Gasteiger partial charge in [0.1, 0.15) is 19.5 Å². The smallest absolute Gasteiger partial charge is 0.164 e. The number of nitrogens with zero attached hydrogens (tertiary/aromatic N) is 4. The molecule has 1 aromatic carbocycles. The molecule has 0 unspecified atom stereocenters. The summed E-state index contributed by atoms with van der Waals surface area (Å²) >= 11 is 0. The van der Waals surface area contributed by atoms with Crippen LogP contribution in [0, 0.1) is 0 Å². The Bertz CT molecular complexity index is 776. The zero-order valence-electron chi connectivity index (χ0n) is 13.7. The van der Waals surface area contributed by atoms with E-state index in [0.29, 0.717) is 5.82 Å². The fourth-order valence-electron chi connectivity index (χ4n) is 2.34. The highest BCUT2D eigenvalue weighted by atomic mass is 15.0. The van der Waals surface area contributed by atoms with Crippen LogP contribution in [0.15, 0.2) is 42.6 Å². The second-order valence-corrected chi connectivity index (χ2v) is 5.50. The van der Waals surface area contributed by atoms with Crippen molar-refractivity contribution < 1.29 is 0 Å². The summed E-state index contributed by atoms with van der Waals surface area (Å²) in [5.74, 6) is 2.36. The highest BCUT2D eigenvalue weighted by Gasteiger charge is 2.08. The van der Waals surface area contributed by atoms with Crippen molar-refractivity contribution in [3.05, 3.63) is 54.2 Å². The molecule has 0 saturated carbocycles. The molecule has 0 aliphatic carbocycles. The second kappa shape index (κ2) is 6.69. The number of aryl methyl sites for hydroxylation is 2. The summed E-state index contributed by atoms with van der Waals surface area (Å²) in [5.41, 5.74) is 4.23. The Balaban J connectivity index is 1.94. The van der Waals surface area contributed by atoms with E-state index in [1.807, 2.05) is 18.3 Å². The van der Waals surface area contributed by atoms with Crippen molar-refractivity contribution in [1.29, 1.82) is 0 Å². The molecule has 5 heteroatoms. The van der Waals surface area contributed by atoms with Gasteiger partial charge in [0.2, 0.25) is 0 Å². The third-order valence-electron chi connectivity index (χ3n) is 3.73. The topological polar surface area (TPSA) is 51.6 Å². The van der Waals surface area contributed by atoms with E-state index in [1.165, 1.54) is 5.46 Å². The molecule has 0 spiro atoms. The molecule has 3 rings (SSSR count). The predicted molar refractivity (Wildman–Crippen MR) is 95.4 cm³/mol. The number of aromatic nitrogens is 4. The number of benzene rings is 1. The van der Waals surface area contributed by atoms with Crippen LogP contribution in [0.4, 0.5) is 0 Å². The van der Waals surface area contributed by atoms with E-state index >= 15 is 0 Å². The Morgan fingerprint density at radius 2 is 1.39 bits per heavy atom. The SMILES string of the molecule is Bc1ccc(-c2ccc(-c3nc(CC)nc(CC)n3)cn2)cc1. The van der Waals surface area contributed by atoms with E-state index in [2.05, 4.69) is 65.9 Å². The molecule has 0 fully saturated rings. The molecule has 23 heavy (non-hydrogen) atoms. The van der Waals surface area contributed by atoms with Gasteiger partial charge in [-0.3, -0.25) is 4.98 Å². The van der Waals surface area contributed by atoms with E-state index in [1.54, 1.807) is 0 Å². The summed E-state index contributed by atoms with van der Waals surface area (Å²) in [6, 6.07) is 12.4. The molecule has 2 heterocycles. The maximum absolute atomic E-state index is 4.57. The molecular weight excluding hydrogens is 283 g/mol. The van der Waals surface area contributed by atoms with Gasteiger partial charge in [0.25, 0.3) is 0 Å². The van der Waals surface area contributed by atoms with E-state index in [4.69, 9.17) is 0 Å². The van der Waals surface area contributed by atoms with Crippen molar-refractivity contribution in [2.45, 2.75) is 26.7 Å². The van der Waals surface area contributed by atoms with Crippen LogP contribution in [-0.2, 0) is 12.8 Å². The number of hydrogen-bond acceptors (Lipinski definition) is 4. The molecule has 0 amide bonds. The molecule has 0 N–H and O–H groups in total. The fraction of sp³-hybridized carbons (Fsp3) is 0.222. The van der Waals surface area contributed by atoms with Crippen LogP contribution in [0.3, 0.4) is 0 Å². The third kappa shape index (κ3) is 3.45. The largest absolute Gasteiger partial charge is 0.255 e. The molecule has 0 bridgehead atoms. The number of hydrogen-bond donors (Lipinski definition) is 0. The molecule has 0 saturated heterocycles. The first-order valence-electron chi connectivity index (χ1n) is 7.97. The standard InChI is InChI=1S/C18H19BN4/c1-3-16-21-17(4-2)23-18(22-16)13-7-10-15(20-11-13)12-5-8-14(19)9-6-12/h5-11H,3-4,19H2,1-2H3. The highest BCUT2D eigenvalue weighted by molar-refractivity contribution is 6.32. The van der Waals surface area contributed by atoms with Crippen molar-refractivity contribution in [3.63, 3.8) is 0 Å². The maximum Gasteiger partial charge on any atom is 0.164 e. The molecule has 0 atom stereocenters. The highest BCUT2D eigenvalue weighted by Crippen LogP contribution is 2.20. The van der Waals surface area contributed by atoms with Gasteiger partial charge in [-0.1, -0.05) is 43.6 Å². The number of rotatable bonds is 4. The first-order valence-corrected chi connectivity index (χ1v) is 7.97. The van der Waals surface area contributed by atoms with Gasteiger partial charge in [0.15, 0.2) is 5.82 Å². The fourth-order valence-corrected chi connectivity index (χ4v) is 2.34. The van der Waals surface area contributed by atoms with Gasteiger partial charge >= 0.3 is 0 Å². The summed E-state index contributed by atoms with van der Waals surface area (Å²) in [5, 5.41) is 0. The minimum absolute atomic E-state index is 0.705. The Hall–Kier alpha value is -2.56. The van der Waals surface area contributed by atoms with E-state index < -0.39 is 0 Å². The molecular formula is C18H19BN4. The predicted octanol–water partition coefficient (Wildman–Crippen LogP) is 1.98. The van der Waals surface area contributed by atoms with Crippen LogP contribution in [0.25, 0.3) is 22.6 Å². The lowest BCUT2D eigenvalue weighted by molar-refractivity contribution is 0.831. The average molecular weight is 302 g/mol. The van der Waals surface area contributed by atoms with Gasteiger partial charge in [-0.2, -0.15) is 0 Å². The van der Waals surface area contributed by atoms with Gasteiger partial charge in [-0.05, 0) is 12.1 Å². The molecule has 0 aliphatic heterocycles. The minimum atomic E-state index is 0.705. The van der Waals surface area contributed by atoms with Crippen LogP contribution >= 0.6 is 0 Å². The lowest BCUT2D eigenvalue weighted by Crippen LogP contribution is -2.04. The Morgan fingerprint density at radius 1 is 0.783 bits per heavy atom. The second-order valence-electron chi connectivity index (χ2n) is 5.50. The van der Waals surface area contributed by atoms with Crippen molar-refractivity contribution in [3.8, 4) is 22.6 Å². The van der Waals surface area contributed by atoms with Gasteiger partial charge in [0.05, 0.1) is 5.69 Å². The monoisotopic (exact) mass is 302 g/mol. The van der Waals surface area contributed by atoms with Crippen molar-refractivity contribution in [1.82, 2.24) is 19.9 Å². The molecule has 3 aromatic rings. The average Bonchev–Trinajstić information content (AvgIpc) is 2.62. The Labute approximate surface area is 137 Å². The van der Waals surface area contributed by atoms with E-state index in [-0.39, 0.29) is 0 Å². The quantitative estimate of drug-likeness (QED) is 0.692. The summed E-state index contributed by atoms with van der Waals surface area (Å²) in [6.07, 6.45) is 3.44. The summed E-state index contributed by atoms with van der Waals surface area (Å²) in [4.78, 5) is 18.0. The molecule has 114 valence electrons. The van der Waals surface area contributed by atoms with Crippen LogP contribution in [-0.4, -0.2) is 27.8 Å². The van der Waals surface area contributed by atoms with Crippen molar-refractivity contribution in [2.75, 3.05) is 0 Å². The molecule has 0 radical (unpaired) electrons. The third-order valence-corrected chi connectivity index (χ3v) is 3.73. The summed E-state index contributed by atoms with van der Waals surface area (Å²) in [7, 11) is 2.08. The van der Waals surface area contributed by atoms with Crippen LogP contribution < -0.4 is 5.46 Å². The summed E-state index contributed by atoms with van der Waals surface area (Å²) in [6.45, 7) is 4.11. The first-order chi connectivity index (χ1) is 11.2. The van der Waals surface area contributed by atoms with Crippen LogP contribution in [0.5, 0.6) is 0 Å². The zero-order chi connectivity index (χ0) is 16.2. The molecule has 2 aromatic heterocycles. The van der Waals surface area contributed by atoms with Gasteiger partial charge in [-0.25, -0.2) is 15.0 Å². The Kier molecular flexibility index (Phi) is 4.46. The van der Waals surface area contributed by atoms with Crippen molar-refractivity contribution >= 4 is 13.3 Å². The lowest BCUT2D eigenvalue weighted by atomic mass is 9.95. The van der Waals surface area contributed by atoms with Crippen molar-refractivity contribution in [2.24, 2.45) is 0 Å².